The van der Waals surface area contributed by atoms with Gasteiger partial charge in [0.25, 0.3) is 0 Å². The third-order valence-electron chi connectivity index (χ3n) is 3.22. The fraction of sp³-hybridized carbons (Fsp3) is 0.533. The maximum absolute atomic E-state index is 11.6. The second kappa shape index (κ2) is 10.8. The molecule has 0 saturated carbocycles. The summed E-state index contributed by atoms with van der Waals surface area (Å²) in [6, 6.07) is 8.36. The van der Waals surface area contributed by atoms with E-state index in [1.165, 1.54) is 26.7 Å². The average Bonchev–Trinajstić information content (AvgIpc) is 2.56. The maximum Gasteiger partial charge on any atom is 0.422 e. The Hall–Kier alpha value is -1.80. The molecule has 1 rings (SSSR count). The van der Waals surface area contributed by atoms with E-state index in [9.17, 15) is 13.2 Å². The van der Waals surface area contributed by atoms with Gasteiger partial charge in [-0.3, -0.25) is 4.31 Å². The number of carbonyl (C=O) groups is 1. The van der Waals surface area contributed by atoms with E-state index in [-0.39, 0.29) is 0 Å². The molecule has 0 aromatic heterocycles. The van der Waals surface area contributed by atoms with Crippen molar-refractivity contribution in [3.63, 3.8) is 0 Å². The van der Waals surface area contributed by atoms with Crippen LogP contribution in [0.4, 0.5) is 10.5 Å². The number of anilines is 1. The zero-order valence-corrected chi connectivity index (χ0v) is 15.3. The molecule has 1 N–H and O–H groups in total. The van der Waals surface area contributed by atoms with Crippen LogP contribution in [0.5, 0.6) is 0 Å². The Morgan fingerprint density at radius 2 is 1.57 bits per heavy atom. The van der Waals surface area contributed by atoms with Crippen molar-refractivity contribution in [2.24, 2.45) is 0 Å². The van der Waals surface area contributed by atoms with Crippen molar-refractivity contribution < 1.29 is 17.9 Å². The third kappa shape index (κ3) is 7.85. The molecular formula is C15H27N3O4S. The molecule has 0 heterocycles. The predicted octanol–water partition coefficient (Wildman–Crippen LogP) is 2.07. The monoisotopic (exact) mass is 345 g/mol. The van der Waals surface area contributed by atoms with Crippen molar-refractivity contribution in [2.45, 2.75) is 20.8 Å². The topological polar surface area (TPSA) is 79.0 Å². The first-order valence-corrected chi connectivity index (χ1v) is 8.88. The minimum absolute atomic E-state index is 0.443. The van der Waals surface area contributed by atoms with Gasteiger partial charge < -0.3 is 9.64 Å². The molecule has 0 atom stereocenters. The number of amides is 1. The van der Waals surface area contributed by atoms with Crippen LogP contribution in [-0.4, -0.2) is 53.2 Å². The van der Waals surface area contributed by atoms with Crippen molar-refractivity contribution in [1.82, 2.24) is 9.62 Å². The Morgan fingerprint density at radius 1 is 1.09 bits per heavy atom. The molecule has 0 saturated heterocycles. The van der Waals surface area contributed by atoms with Crippen LogP contribution in [0, 0.1) is 0 Å². The van der Waals surface area contributed by atoms with Gasteiger partial charge in [-0.05, 0) is 31.8 Å². The molecular weight excluding hydrogens is 318 g/mol. The summed E-state index contributed by atoms with van der Waals surface area (Å²) in [4.78, 5) is 13.2. The van der Waals surface area contributed by atoms with Crippen molar-refractivity contribution in [3.05, 3.63) is 30.3 Å². The summed E-state index contributed by atoms with van der Waals surface area (Å²) in [5.74, 6) is 0. The van der Waals surface area contributed by atoms with E-state index < -0.39 is 16.3 Å². The normalized spacial score (nSPS) is 10.5. The average molecular weight is 345 g/mol. The largest absolute Gasteiger partial charge is 0.452 e. The molecule has 0 aliphatic heterocycles. The van der Waals surface area contributed by atoms with Crippen LogP contribution in [-0.2, 0) is 14.9 Å². The van der Waals surface area contributed by atoms with Crippen molar-refractivity contribution in [3.8, 4) is 0 Å². The van der Waals surface area contributed by atoms with E-state index in [0.29, 0.717) is 5.69 Å². The summed E-state index contributed by atoms with van der Waals surface area (Å²) in [7, 11) is -1.49. The molecule has 0 unspecified atom stereocenters. The summed E-state index contributed by atoms with van der Waals surface area (Å²) >= 11 is 0. The van der Waals surface area contributed by atoms with Crippen LogP contribution in [0.15, 0.2) is 30.3 Å². The van der Waals surface area contributed by atoms with E-state index in [1.54, 1.807) is 35.1 Å². The molecule has 0 spiro atoms. The molecule has 7 nitrogen and oxygen atoms in total. The Bertz CT molecular complexity index is 540. The number of rotatable bonds is 6. The third-order valence-corrected chi connectivity index (χ3v) is 4.58. The van der Waals surface area contributed by atoms with Crippen molar-refractivity contribution in [2.75, 3.05) is 38.1 Å². The predicted molar refractivity (Wildman–Crippen MR) is 92.8 cm³/mol. The summed E-state index contributed by atoms with van der Waals surface area (Å²) in [6.07, 6.45) is -1.03. The van der Waals surface area contributed by atoms with Gasteiger partial charge in [0.15, 0.2) is 0 Å². The molecule has 0 aliphatic carbocycles. The first kappa shape index (κ1) is 21.2. The molecule has 1 aromatic rings. The van der Waals surface area contributed by atoms with Crippen LogP contribution in [0.3, 0.4) is 0 Å². The summed E-state index contributed by atoms with van der Waals surface area (Å²) in [5.41, 5.74) is 0.443. The summed E-state index contributed by atoms with van der Waals surface area (Å²) in [5, 5.41) is 0. The summed E-state index contributed by atoms with van der Waals surface area (Å²) < 4.78 is 30.1. The number of carbonyl (C=O) groups excluding carboxylic acids is 1. The van der Waals surface area contributed by atoms with Crippen molar-refractivity contribution >= 4 is 22.0 Å². The Labute approximate surface area is 139 Å². The van der Waals surface area contributed by atoms with Gasteiger partial charge in [-0.2, -0.15) is 8.42 Å². The lowest BCUT2D eigenvalue weighted by Crippen LogP contribution is -2.41. The second-order valence-corrected chi connectivity index (χ2v) is 6.22. The molecule has 0 fully saturated rings. The van der Waals surface area contributed by atoms with E-state index in [1.807, 2.05) is 0 Å². The molecule has 1 aromatic carbocycles. The van der Waals surface area contributed by atoms with Gasteiger partial charge in [0.2, 0.25) is 0 Å². The van der Waals surface area contributed by atoms with E-state index in [4.69, 9.17) is 0 Å². The quantitative estimate of drug-likeness (QED) is 0.854. The zero-order valence-electron chi connectivity index (χ0n) is 14.4. The molecule has 0 aliphatic rings. The van der Waals surface area contributed by atoms with E-state index in [0.717, 1.165) is 11.4 Å². The van der Waals surface area contributed by atoms with Gasteiger partial charge in [0.05, 0.1) is 12.8 Å². The molecule has 8 heteroatoms. The molecule has 1 amide bonds. The number of nitrogens with zero attached hydrogens (tertiary/aromatic N) is 2. The highest BCUT2D eigenvalue weighted by Gasteiger charge is 2.20. The Kier molecular flexibility index (Phi) is 10.00. The SMILES string of the molecule is CCN(CC)CC.COC(=O)NS(=O)(=O)N(C)c1ccccc1. The number of methoxy groups -OCH3 is 1. The Balaban J connectivity index is 0.000000585. The van der Waals surface area contributed by atoms with Gasteiger partial charge in [-0.25, -0.2) is 9.52 Å². The highest BCUT2D eigenvalue weighted by Crippen LogP contribution is 2.13. The number of ether oxygens (including phenoxy) is 1. The van der Waals surface area contributed by atoms with Gasteiger partial charge in [0.1, 0.15) is 0 Å². The number of para-hydroxylation sites is 1. The number of benzene rings is 1. The fourth-order valence-corrected chi connectivity index (χ4v) is 2.49. The number of hydrogen-bond acceptors (Lipinski definition) is 5. The van der Waals surface area contributed by atoms with Gasteiger partial charge in [-0.15, -0.1) is 0 Å². The maximum atomic E-state index is 11.6. The molecule has 132 valence electrons. The molecule has 0 bridgehead atoms. The minimum Gasteiger partial charge on any atom is -0.452 e. The first-order chi connectivity index (χ1) is 10.8. The van der Waals surface area contributed by atoms with E-state index >= 15 is 0 Å². The van der Waals surface area contributed by atoms with Crippen LogP contribution in [0.25, 0.3) is 0 Å². The summed E-state index contributed by atoms with van der Waals surface area (Å²) in [6.45, 7) is 10.1. The van der Waals surface area contributed by atoms with Gasteiger partial charge in [-0.1, -0.05) is 39.0 Å². The lowest BCUT2D eigenvalue weighted by Gasteiger charge is -2.18. The van der Waals surface area contributed by atoms with Crippen LogP contribution < -0.4 is 9.03 Å². The Morgan fingerprint density at radius 3 is 1.91 bits per heavy atom. The zero-order chi connectivity index (χ0) is 17.9. The molecule has 23 heavy (non-hydrogen) atoms. The van der Waals surface area contributed by atoms with Crippen LogP contribution >= 0.6 is 0 Å². The highest BCUT2D eigenvalue weighted by atomic mass is 32.2. The van der Waals surface area contributed by atoms with Crippen LogP contribution in [0.1, 0.15) is 20.8 Å². The number of nitrogens with one attached hydrogen (secondary N) is 1. The smallest absolute Gasteiger partial charge is 0.422 e. The lowest BCUT2D eigenvalue weighted by atomic mass is 10.3. The highest BCUT2D eigenvalue weighted by molar-refractivity contribution is 7.91. The minimum atomic E-state index is -3.92. The number of hydrogen-bond donors (Lipinski definition) is 1. The van der Waals surface area contributed by atoms with E-state index in [2.05, 4.69) is 30.4 Å². The standard InChI is InChI=1S/C9H12N2O4S.C6H15N/c1-11(8-6-4-3-5-7-8)16(13,14)10-9(12)15-2;1-4-7(5-2)6-3/h3-7H,1-2H3,(H,10,12);4-6H2,1-3H3. The van der Waals surface area contributed by atoms with Gasteiger partial charge in [0, 0.05) is 7.05 Å². The fourth-order valence-electron chi connectivity index (χ4n) is 1.66. The second-order valence-electron chi connectivity index (χ2n) is 4.52. The molecule has 0 radical (unpaired) electrons. The van der Waals surface area contributed by atoms with Crippen molar-refractivity contribution in [1.29, 1.82) is 0 Å². The lowest BCUT2D eigenvalue weighted by molar-refractivity contribution is 0.177. The van der Waals surface area contributed by atoms with Crippen LogP contribution in [0.2, 0.25) is 0 Å². The van der Waals surface area contributed by atoms with Gasteiger partial charge >= 0.3 is 16.3 Å². The first-order valence-electron chi connectivity index (χ1n) is 7.44.